The van der Waals surface area contributed by atoms with Crippen molar-refractivity contribution in [3.63, 3.8) is 0 Å². The second kappa shape index (κ2) is 10.0. The zero-order chi connectivity index (χ0) is 24.2. The summed E-state index contributed by atoms with van der Waals surface area (Å²) in [5, 5.41) is 7.65. The summed E-state index contributed by atoms with van der Waals surface area (Å²) in [6.45, 7) is -0.196. The number of ether oxygens (including phenoxy) is 2. The summed E-state index contributed by atoms with van der Waals surface area (Å²) in [6, 6.07) is 14.5. The van der Waals surface area contributed by atoms with E-state index in [1.165, 1.54) is 34.4 Å². The molecule has 1 aliphatic heterocycles. The van der Waals surface area contributed by atoms with E-state index in [0.717, 1.165) is 0 Å². The quantitative estimate of drug-likeness (QED) is 0.503. The third-order valence-corrected chi connectivity index (χ3v) is 6.46. The summed E-state index contributed by atoms with van der Waals surface area (Å²) in [4.78, 5) is 27.8. The first-order valence-electron chi connectivity index (χ1n) is 10.6. The van der Waals surface area contributed by atoms with Gasteiger partial charge in [-0.3, -0.25) is 9.59 Å². The monoisotopic (exact) mass is 481 g/mol. The van der Waals surface area contributed by atoms with Gasteiger partial charge >= 0.3 is 0 Å². The van der Waals surface area contributed by atoms with E-state index in [9.17, 15) is 14.0 Å². The van der Waals surface area contributed by atoms with Crippen LogP contribution in [0.5, 0.6) is 11.5 Å². The molecule has 0 saturated heterocycles. The van der Waals surface area contributed by atoms with Gasteiger partial charge in [-0.2, -0.15) is 5.10 Å². The summed E-state index contributed by atoms with van der Waals surface area (Å²) in [5.74, 6) is 0.0526. The third kappa shape index (κ3) is 4.65. The molecule has 0 spiro atoms. The summed E-state index contributed by atoms with van der Waals surface area (Å²) in [6.07, 6.45) is 0.290. The molecule has 34 heavy (non-hydrogen) atoms. The minimum absolute atomic E-state index is 0.196. The van der Waals surface area contributed by atoms with Gasteiger partial charge < -0.3 is 14.4 Å². The van der Waals surface area contributed by atoms with Gasteiger partial charge in [-0.05, 0) is 29.6 Å². The average molecular weight is 482 g/mol. The van der Waals surface area contributed by atoms with E-state index in [1.807, 2.05) is 0 Å². The number of hydrogen-bond acceptors (Lipinski definition) is 6. The zero-order valence-corrected chi connectivity index (χ0v) is 19.8. The molecule has 9 heteroatoms. The van der Waals surface area contributed by atoms with Crippen molar-refractivity contribution >= 4 is 28.9 Å². The van der Waals surface area contributed by atoms with E-state index in [-0.39, 0.29) is 18.9 Å². The van der Waals surface area contributed by atoms with Crippen LogP contribution < -0.4 is 9.47 Å². The van der Waals surface area contributed by atoms with Crippen LogP contribution in [0.4, 0.5) is 4.39 Å². The lowest BCUT2D eigenvalue weighted by Crippen LogP contribution is -2.39. The fourth-order valence-corrected chi connectivity index (χ4v) is 4.58. The molecule has 2 heterocycles. The first-order chi connectivity index (χ1) is 16.4. The Balaban J connectivity index is 1.66. The Kier molecular flexibility index (Phi) is 6.93. The van der Waals surface area contributed by atoms with Crippen LogP contribution in [-0.4, -0.2) is 55.2 Å². The molecule has 3 aromatic rings. The average Bonchev–Trinajstić information content (AvgIpc) is 3.54. The smallest absolute Gasteiger partial charge is 0.264 e. The minimum Gasteiger partial charge on any atom is -0.497 e. The van der Waals surface area contributed by atoms with Gasteiger partial charge in [0.2, 0.25) is 0 Å². The van der Waals surface area contributed by atoms with E-state index in [1.54, 1.807) is 68.1 Å². The summed E-state index contributed by atoms with van der Waals surface area (Å²) in [5.41, 5.74) is 1.62. The van der Waals surface area contributed by atoms with Crippen molar-refractivity contribution in [2.24, 2.45) is 5.10 Å². The molecule has 1 atom stereocenters. The van der Waals surface area contributed by atoms with Gasteiger partial charge in [-0.15, -0.1) is 11.3 Å². The molecule has 0 unspecified atom stereocenters. The molecule has 2 aromatic carbocycles. The van der Waals surface area contributed by atoms with Crippen molar-refractivity contribution in [1.82, 2.24) is 9.91 Å². The highest BCUT2D eigenvalue weighted by molar-refractivity contribution is 7.12. The number of hydrogen-bond donors (Lipinski definition) is 0. The largest absolute Gasteiger partial charge is 0.497 e. The number of halogens is 1. The molecule has 2 amide bonds. The van der Waals surface area contributed by atoms with Gasteiger partial charge in [0.1, 0.15) is 23.9 Å². The molecule has 0 aliphatic carbocycles. The molecular formula is C25H24FN3O4S. The molecule has 1 aromatic heterocycles. The SMILES string of the molecule is COc1ccc(C2=NN(C(=O)CN(C)C(=O)c3cccs3)[C@@H](c3ccccc3F)C2)c(OC)c1. The van der Waals surface area contributed by atoms with Crippen molar-refractivity contribution < 1.29 is 23.5 Å². The molecule has 0 saturated carbocycles. The lowest BCUT2D eigenvalue weighted by atomic mass is 9.97. The number of hydrazone groups is 1. The third-order valence-electron chi connectivity index (χ3n) is 5.60. The Labute approximate surface area is 201 Å². The highest BCUT2D eigenvalue weighted by atomic mass is 32.1. The minimum atomic E-state index is -0.652. The van der Waals surface area contributed by atoms with Crippen molar-refractivity contribution in [2.45, 2.75) is 12.5 Å². The van der Waals surface area contributed by atoms with Crippen LogP contribution in [0.1, 0.15) is 33.3 Å². The summed E-state index contributed by atoms with van der Waals surface area (Å²) >= 11 is 1.31. The Morgan fingerprint density at radius 3 is 2.62 bits per heavy atom. The number of benzene rings is 2. The summed E-state index contributed by atoms with van der Waals surface area (Å²) < 4.78 is 25.5. The number of carbonyl (C=O) groups excluding carboxylic acids is 2. The van der Waals surface area contributed by atoms with Crippen molar-refractivity contribution in [3.8, 4) is 11.5 Å². The topological polar surface area (TPSA) is 71.4 Å². The predicted octanol–water partition coefficient (Wildman–Crippen LogP) is 4.35. The zero-order valence-electron chi connectivity index (χ0n) is 19.0. The highest BCUT2D eigenvalue weighted by Gasteiger charge is 2.36. The maximum atomic E-state index is 14.7. The second-order valence-electron chi connectivity index (χ2n) is 7.73. The van der Waals surface area contributed by atoms with Crippen LogP contribution >= 0.6 is 11.3 Å². The van der Waals surface area contributed by atoms with Gasteiger partial charge in [-0.25, -0.2) is 9.40 Å². The molecule has 1 aliphatic rings. The molecule has 0 N–H and O–H groups in total. The van der Waals surface area contributed by atoms with Crippen LogP contribution in [0.3, 0.4) is 0 Å². The second-order valence-corrected chi connectivity index (χ2v) is 8.68. The highest BCUT2D eigenvalue weighted by Crippen LogP contribution is 2.37. The van der Waals surface area contributed by atoms with E-state index >= 15 is 0 Å². The lowest BCUT2D eigenvalue weighted by Gasteiger charge is -2.25. The van der Waals surface area contributed by atoms with Crippen molar-refractivity contribution in [3.05, 3.63) is 81.8 Å². The number of rotatable bonds is 7. The number of carbonyl (C=O) groups is 2. The van der Waals surface area contributed by atoms with Crippen LogP contribution in [0.2, 0.25) is 0 Å². The molecule has 7 nitrogen and oxygen atoms in total. The lowest BCUT2D eigenvalue weighted by molar-refractivity contribution is -0.133. The first kappa shape index (κ1) is 23.4. The molecule has 4 rings (SSSR count). The standard InChI is InChI=1S/C25H24FN3O4S/c1-28(25(31)23-9-6-12-34-23)15-24(30)29-21(17-7-4-5-8-19(17)26)14-20(27-29)18-11-10-16(32-2)13-22(18)33-3/h4-13,21H,14-15H2,1-3H3/t21-/m1/s1. The van der Waals surface area contributed by atoms with Gasteiger partial charge in [0.05, 0.1) is 30.9 Å². The summed E-state index contributed by atoms with van der Waals surface area (Å²) in [7, 11) is 4.66. The fraction of sp³-hybridized carbons (Fsp3) is 0.240. The van der Waals surface area contributed by atoms with Crippen LogP contribution in [0.15, 0.2) is 65.1 Å². The number of nitrogens with zero attached hydrogens (tertiary/aromatic N) is 3. The maximum Gasteiger partial charge on any atom is 0.264 e. The Bertz CT molecular complexity index is 1230. The number of amides is 2. The van der Waals surface area contributed by atoms with Gasteiger partial charge in [0.25, 0.3) is 11.8 Å². The molecule has 0 fully saturated rings. The molecule has 0 radical (unpaired) electrons. The molecule has 0 bridgehead atoms. The van der Waals surface area contributed by atoms with Gasteiger partial charge in [0.15, 0.2) is 0 Å². The first-order valence-corrected chi connectivity index (χ1v) is 11.5. The van der Waals surface area contributed by atoms with E-state index < -0.39 is 17.8 Å². The van der Waals surface area contributed by atoms with E-state index in [2.05, 4.69) is 5.10 Å². The van der Waals surface area contributed by atoms with Crippen molar-refractivity contribution in [1.29, 1.82) is 0 Å². The van der Waals surface area contributed by atoms with Crippen LogP contribution in [0.25, 0.3) is 0 Å². The number of thiophene rings is 1. The predicted molar refractivity (Wildman–Crippen MR) is 128 cm³/mol. The van der Waals surface area contributed by atoms with E-state index in [0.29, 0.717) is 33.2 Å². The Morgan fingerprint density at radius 2 is 1.94 bits per heavy atom. The Morgan fingerprint density at radius 1 is 1.15 bits per heavy atom. The van der Waals surface area contributed by atoms with Crippen molar-refractivity contribution in [2.75, 3.05) is 27.8 Å². The normalized spacial score (nSPS) is 15.1. The van der Waals surface area contributed by atoms with Gasteiger partial charge in [-0.1, -0.05) is 24.3 Å². The fourth-order valence-electron chi connectivity index (χ4n) is 3.86. The molecular weight excluding hydrogens is 457 g/mol. The van der Waals surface area contributed by atoms with Crippen LogP contribution in [0, 0.1) is 5.82 Å². The maximum absolute atomic E-state index is 14.7. The Hall–Kier alpha value is -3.72. The van der Waals surface area contributed by atoms with Gasteiger partial charge in [0, 0.05) is 30.7 Å². The van der Waals surface area contributed by atoms with E-state index in [4.69, 9.17) is 9.47 Å². The number of likely N-dealkylation sites (N-methyl/N-ethyl adjacent to an activating group) is 1. The molecule has 176 valence electrons. The van der Waals surface area contributed by atoms with Crippen LogP contribution in [-0.2, 0) is 4.79 Å². The number of methoxy groups -OCH3 is 2.